The number of carbonyl (C=O) groups excluding carboxylic acids is 1. The highest BCUT2D eigenvalue weighted by Crippen LogP contribution is 2.08. The number of hydrogen-bond acceptors (Lipinski definition) is 4. The van der Waals surface area contributed by atoms with E-state index in [1.165, 1.54) is 7.11 Å². The average molecular weight is 235 g/mol. The Morgan fingerprint density at radius 1 is 1.47 bits per heavy atom. The smallest absolute Gasteiger partial charge is 0.322 e. The summed E-state index contributed by atoms with van der Waals surface area (Å²) < 4.78 is 4.56. The van der Waals surface area contributed by atoms with Gasteiger partial charge < -0.3 is 16.2 Å². The molecule has 0 fully saturated rings. The first-order valence-electron chi connectivity index (χ1n) is 5.27. The van der Waals surface area contributed by atoms with Crippen molar-refractivity contribution in [3.8, 4) is 0 Å². The molecule has 17 heavy (non-hydrogen) atoms. The number of nitrogens with two attached hydrogens (primary N) is 2. The number of methoxy groups -OCH3 is 1. The number of esters is 1. The van der Waals surface area contributed by atoms with Gasteiger partial charge in [0.15, 0.2) is 0 Å². The maximum Gasteiger partial charge on any atom is 0.322 e. The molecule has 0 spiro atoms. The van der Waals surface area contributed by atoms with Crippen molar-refractivity contribution in [2.75, 3.05) is 7.11 Å². The van der Waals surface area contributed by atoms with Crippen molar-refractivity contribution in [3.63, 3.8) is 0 Å². The van der Waals surface area contributed by atoms with E-state index >= 15 is 0 Å². The molecule has 5 heteroatoms. The van der Waals surface area contributed by atoms with Crippen molar-refractivity contribution >= 4 is 11.8 Å². The highest BCUT2D eigenvalue weighted by Gasteiger charge is 2.14. The lowest BCUT2D eigenvalue weighted by molar-refractivity contribution is -0.142. The van der Waals surface area contributed by atoms with E-state index in [4.69, 9.17) is 16.9 Å². The first kappa shape index (κ1) is 13.2. The number of nitrogens with one attached hydrogen (secondary N) is 1. The Morgan fingerprint density at radius 2 is 2.12 bits per heavy atom. The van der Waals surface area contributed by atoms with Gasteiger partial charge in [0.1, 0.15) is 6.04 Å². The fourth-order valence-corrected chi connectivity index (χ4v) is 1.58. The molecule has 0 bridgehead atoms. The van der Waals surface area contributed by atoms with Crippen LogP contribution in [0, 0.1) is 5.41 Å². The van der Waals surface area contributed by atoms with Gasteiger partial charge in [-0.3, -0.25) is 10.2 Å². The van der Waals surface area contributed by atoms with Crippen LogP contribution in [0.3, 0.4) is 0 Å². The molecule has 0 aliphatic heterocycles. The molecule has 0 aromatic heterocycles. The Balaban J connectivity index is 2.71. The molecule has 0 aliphatic carbocycles. The molecule has 92 valence electrons. The maximum atomic E-state index is 11.2. The van der Waals surface area contributed by atoms with Crippen LogP contribution in [0.15, 0.2) is 24.3 Å². The second-order valence-corrected chi connectivity index (χ2v) is 3.86. The van der Waals surface area contributed by atoms with Crippen LogP contribution in [0.2, 0.25) is 0 Å². The minimum atomic E-state index is -0.660. The second kappa shape index (κ2) is 6.00. The third kappa shape index (κ3) is 4.24. The summed E-state index contributed by atoms with van der Waals surface area (Å²) in [5.74, 6) is -0.318. The van der Waals surface area contributed by atoms with Gasteiger partial charge in [0.25, 0.3) is 0 Å². The van der Waals surface area contributed by atoms with Gasteiger partial charge in [0.05, 0.1) is 12.9 Å². The average Bonchev–Trinajstić information content (AvgIpc) is 2.27. The van der Waals surface area contributed by atoms with Crippen LogP contribution in [0.4, 0.5) is 0 Å². The molecule has 5 N–H and O–H groups in total. The molecule has 0 aliphatic rings. The monoisotopic (exact) mass is 235 g/mol. The van der Waals surface area contributed by atoms with Gasteiger partial charge in [-0.25, -0.2) is 0 Å². The molecule has 1 rings (SSSR count). The normalized spacial score (nSPS) is 11.9. The SMILES string of the molecule is COC(=O)C(N)Cc1cccc(CC(=N)N)c1. The molecule has 5 nitrogen and oxygen atoms in total. The van der Waals surface area contributed by atoms with E-state index in [2.05, 4.69) is 4.74 Å². The molecule has 1 aromatic rings. The van der Waals surface area contributed by atoms with Gasteiger partial charge in [0.2, 0.25) is 0 Å². The number of carbonyl (C=O) groups is 1. The molecule has 0 radical (unpaired) electrons. The molecule has 1 atom stereocenters. The molecule has 0 heterocycles. The first-order valence-corrected chi connectivity index (χ1v) is 5.27. The van der Waals surface area contributed by atoms with E-state index in [0.29, 0.717) is 12.8 Å². The zero-order valence-electron chi connectivity index (χ0n) is 9.77. The Hall–Kier alpha value is -1.88. The van der Waals surface area contributed by atoms with Crippen LogP contribution in [0.5, 0.6) is 0 Å². The molecule has 1 unspecified atom stereocenters. The first-order chi connectivity index (χ1) is 8.02. The number of ether oxygens (including phenoxy) is 1. The second-order valence-electron chi connectivity index (χ2n) is 3.86. The number of benzene rings is 1. The van der Waals surface area contributed by atoms with Gasteiger partial charge in [-0.2, -0.15) is 0 Å². The summed E-state index contributed by atoms with van der Waals surface area (Å²) >= 11 is 0. The van der Waals surface area contributed by atoms with Crippen molar-refractivity contribution in [1.29, 1.82) is 5.41 Å². The van der Waals surface area contributed by atoms with Crippen molar-refractivity contribution in [3.05, 3.63) is 35.4 Å². The van der Waals surface area contributed by atoms with E-state index in [9.17, 15) is 4.79 Å². The highest BCUT2D eigenvalue weighted by molar-refractivity contribution is 5.79. The Morgan fingerprint density at radius 3 is 2.71 bits per heavy atom. The fraction of sp³-hybridized carbons (Fsp3) is 0.333. The van der Waals surface area contributed by atoms with Crippen LogP contribution in [-0.4, -0.2) is 25.0 Å². The lowest BCUT2D eigenvalue weighted by Crippen LogP contribution is -2.33. The minimum absolute atomic E-state index is 0.111. The summed E-state index contributed by atoms with van der Waals surface area (Å²) in [7, 11) is 1.31. The van der Waals surface area contributed by atoms with E-state index in [1.54, 1.807) is 0 Å². The van der Waals surface area contributed by atoms with E-state index < -0.39 is 12.0 Å². The van der Waals surface area contributed by atoms with Crippen molar-refractivity contribution in [2.45, 2.75) is 18.9 Å². The summed E-state index contributed by atoms with van der Waals surface area (Å²) in [6, 6.07) is 6.86. The number of hydrogen-bond donors (Lipinski definition) is 3. The van der Waals surface area contributed by atoms with Crippen LogP contribution in [0.1, 0.15) is 11.1 Å². The van der Waals surface area contributed by atoms with Gasteiger partial charge in [-0.05, 0) is 17.5 Å². The topological polar surface area (TPSA) is 102 Å². The third-order valence-corrected chi connectivity index (χ3v) is 2.35. The molecule has 0 saturated heterocycles. The minimum Gasteiger partial charge on any atom is -0.468 e. The zero-order valence-corrected chi connectivity index (χ0v) is 9.77. The van der Waals surface area contributed by atoms with E-state index in [-0.39, 0.29) is 5.84 Å². The van der Waals surface area contributed by atoms with Gasteiger partial charge in [-0.15, -0.1) is 0 Å². The van der Waals surface area contributed by atoms with Crippen LogP contribution >= 0.6 is 0 Å². The Kier molecular flexibility index (Phi) is 4.66. The molecule has 0 saturated carbocycles. The largest absolute Gasteiger partial charge is 0.468 e. The van der Waals surface area contributed by atoms with Crippen molar-refractivity contribution in [2.24, 2.45) is 11.5 Å². The molecule has 0 amide bonds. The lowest BCUT2D eigenvalue weighted by Gasteiger charge is -2.10. The Labute approximate surface area is 100 Å². The molecular formula is C12H17N3O2. The molecule has 1 aromatic carbocycles. The predicted molar refractivity (Wildman–Crippen MR) is 65.8 cm³/mol. The quantitative estimate of drug-likeness (QED) is 0.385. The van der Waals surface area contributed by atoms with Crippen molar-refractivity contribution < 1.29 is 9.53 Å². The van der Waals surface area contributed by atoms with Gasteiger partial charge in [0, 0.05) is 6.42 Å². The van der Waals surface area contributed by atoms with E-state index in [1.807, 2.05) is 24.3 Å². The highest BCUT2D eigenvalue weighted by atomic mass is 16.5. The number of rotatable bonds is 5. The van der Waals surface area contributed by atoms with Gasteiger partial charge in [-0.1, -0.05) is 24.3 Å². The lowest BCUT2D eigenvalue weighted by atomic mass is 10.0. The van der Waals surface area contributed by atoms with Gasteiger partial charge >= 0.3 is 5.97 Å². The van der Waals surface area contributed by atoms with Crippen molar-refractivity contribution in [1.82, 2.24) is 0 Å². The molecular weight excluding hydrogens is 218 g/mol. The summed E-state index contributed by atoms with van der Waals surface area (Å²) in [5, 5.41) is 7.22. The summed E-state index contributed by atoms with van der Waals surface area (Å²) in [5.41, 5.74) is 12.9. The van der Waals surface area contributed by atoms with Crippen LogP contribution in [0.25, 0.3) is 0 Å². The summed E-state index contributed by atoms with van der Waals surface area (Å²) in [4.78, 5) is 11.2. The Bertz CT molecular complexity index is 418. The van der Waals surface area contributed by atoms with Crippen LogP contribution < -0.4 is 11.5 Å². The third-order valence-electron chi connectivity index (χ3n) is 2.35. The van der Waals surface area contributed by atoms with Crippen LogP contribution in [-0.2, 0) is 22.4 Å². The fourth-order valence-electron chi connectivity index (χ4n) is 1.58. The zero-order chi connectivity index (χ0) is 12.8. The van der Waals surface area contributed by atoms with E-state index in [0.717, 1.165) is 11.1 Å². The number of amidine groups is 1. The summed E-state index contributed by atoms with van der Waals surface area (Å²) in [6.07, 6.45) is 0.819. The standard InChI is InChI=1S/C12H17N3O2/c1-17-12(16)10(13)6-8-3-2-4-9(5-8)7-11(14)15/h2-5,10H,6-7,13H2,1H3,(H3,14,15). The maximum absolute atomic E-state index is 11.2. The predicted octanol–water partition coefficient (Wildman–Crippen LogP) is 0.208. The summed E-state index contributed by atoms with van der Waals surface area (Å²) in [6.45, 7) is 0.